The quantitative estimate of drug-likeness (QED) is 0.541. The van der Waals surface area contributed by atoms with Gasteiger partial charge < -0.3 is 13.3 Å². The Balaban J connectivity index is 1.94. The van der Waals surface area contributed by atoms with E-state index in [1.807, 2.05) is 85.8 Å². The monoisotopic (exact) mass is 350 g/mol. The van der Waals surface area contributed by atoms with Crippen molar-refractivity contribution in [3.05, 3.63) is 96.6 Å². The van der Waals surface area contributed by atoms with Gasteiger partial charge in [0.2, 0.25) is 0 Å². The summed E-state index contributed by atoms with van der Waals surface area (Å²) in [7, 11) is -3.02. The molecule has 0 aliphatic heterocycles. The zero-order valence-corrected chi connectivity index (χ0v) is 15.3. The lowest BCUT2D eigenvalue weighted by atomic mass is 10.2. The van der Waals surface area contributed by atoms with Crippen LogP contribution in [0.1, 0.15) is 12.5 Å². The first-order chi connectivity index (χ1) is 12.3. The number of hydrogen-bond acceptors (Lipinski definition) is 3. The summed E-state index contributed by atoms with van der Waals surface area (Å²) in [6.45, 7) is 2.49. The standard InChI is InChI=1S/C21H22O3Si/c1-2-22-25(18-19-12-6-3-7-13-19,23-20-14-8-4-9-15-20)24-21-16-10-5-11-17-21/h3-17H,2,18H2,1H3. The van der Waals surface area contributed by atoms with Gasteiger partial charge >= 0.3 is 8.80 Å². The third-order valence-electron chi connectivity index (χ3n) is 3.66. The van der Waals surface area contributed by atoms with Crippen molar-refractivity contribution in [3.8, 4) is 11.5 Å². The molecule has 128 valence electrons. The van der Waals surface area contributed by atoms with Crippen molar-refractivity contribution in [3.63, 3.8) is 0 Å². The Morgan fingerprint density at radius 2 is 1.08 bits per heavy atom. The third-order valence-corrected chi connectivity index (χ3v) is 6.32. The molecule has 0 aromatic heterocycles. The predicted molar refractivity (Wildman–Crippen MR) is 102 cm³/mol. The molecule has 0 fully saturated rings. The van der Waals surface area contributed by atoms with E-state index in [1.54, 1.807) is 0 Å². The highest BCUT2D eigenvalue weighted by molar-refractivity contribution is 6.61. The van der Waals surface area contributed by atoms with Gasteiger partial charge in [0.25, 0.3) is 0 Å². The molecule has 0 atom stereocenters. The van der Waals surface area contributed by atoms with Crippen LogP contribution in [0.2, 0.25) is 0 Å². The summed E-state index contributed by atoms with van der Waals surface area (Å²) in [5, 5.41) is 0. The summed E-state index contributed by atoms with van der Waals surface area (Å²) < 4.78 is 18.8. The van der Waals surface area contributed by atoms with Gasteiger partial charge in [0.1, 0.15) is 11.5 Å². The van der Waals surface area contributed by atoms with Crippen LogP contribution in [0.3, 0.4) is 0 Å². The minimum atomic E-state index is -3.02. The van der Waals surface area contributed by atoms with Crippen LogP contribution >= 0.6 is 0 Å². The van der Waals surface area contributed by atoms with Gasteiger partial charge in [-0.05, 0) is 36.8 Å². The Morgan fingerprint density at radius 1 is 0.640 bits per heavy atom. The predicted octanol–water partition coefficient (Wildman–Crippen LogP) is 4.90. The summed E-state index contributed by atoms with van der Waals surface area (Å²) >= 11 is 0. The van der Waals surface area contributed by atoms with Crippen LogP contribution in [0.25, 0.3) is 0 Å². The molecule has 0 amide bonds. The van der Waals surface area contributed by atoms with Gasteiger partial charge in [0.05, 0.1) is 6.04 Å². The molecular formula is C21H22O3Si. The Morgan fingerprint density at radius 3 is 1.52 bits per heavy atom. The van der Waals surface area contributed by atoms with Crippen LogP contribution in [0, 0.1) is 0 Å². The molecule has 3 nitrogen and oxygen atoms in total. The van der Waals surface area contributed by atoms with E-state index in [1.165, 1.54) is 0 Å². The van der Waals surface area contributed by atoms with Crippen LogP contribution < -0.4 is 8.85 Å². The molecule has 3 rings (SSSR count). The molecule has 0 bridgehead atoms. The minimum absolute atomic E-state index is 0.527. The summed E-state index contributed by atoms with van der Waals surface area (Å²) in [4.78, 5) is 0. The Kier molecular flexibility index (Phi) is 5.88. The maximum absolute atomic E-state index is 6.34. The molecule has 0 saturated heterocycles. The molecule has 0 aliphatic carbocycles. The number of rotatable bonds is 8. The summed E-state index contributed by atoms with van der Waals surface area (Å²) in [6.07, 6.45) is 0. The van der Waals surface area contributed by atoms with Gasteiger partial charge in [-0.2, -0.15) is 0 Å². The normalized spacial score (nSPS) is 11.1. The lowest BCUT2D eigenvalue weighted by molar-refractivity contribution is 0.173. The van der Waals surface area contributed by atoms with Crippen LogP contribution in [0.15, 0.2) is 91.0 Å². The van der Waals surface area contributed by atoms with Gasteiger partial charge in [-0.3, -0.25) is 0 Å². The van der Waals surface area contributed by atoms with E-state index in [0.717, 1.165) is 17.1 Å². The SMILES string of the molecule is CCO[Si](Cc1ccccc1)(Oc1ccccc1)Oc1ccccc1. The molecule has 3 aromatic carbocycles. The smallest absolute Gasteiger partial charge is 0.492 e. The maximum Gasteiger partial charge on any atom is 0.636 e. The van der Waals surface area contributed by atoms with E-state index in [9.17, 15) is 0 Å². The van der Waals surface area contributed by atoms with Crippen LogP contribution in [-0.4, -0.2) is 15.4 Å². The van der Waals surface area contributed by atoms with Crippen molar-refractivity contribution >= 4 is 8.80 Å². The highest BCUT2D eigenvalue weighted by atomic mass is 28.4. The molecule has 0 radical (unpaired) electrons. The van der Waals surface area contributed by atoms with Gasteiger partial charge in [-0.25, -0.2) is 0 Å². The second-order valence-corrected chi connectivity index (χ2v) is 8.03. The van der Waals surface area contributed by atoms with E-state index in [0.29, 0.717) is 12.7 Å². The summed E-state index contributed by atoms with van der Waals surface area (Å²) in [5.41, 5.74) is 1.13. The van der Waals surface area contributed by atoms with Crippen molar-refractivity contribution in [2.45, 2.75) is 13.0 Å². The second-order valence-electron chi connectivity index (χ2n) is 5.61. The van der Waals surface area contributed by atoms with Crippen molar-refractivity contribution < 1.29 is 13.3 Å². The maximum atomic E-state index is 6.34. The Hall–Kier alpha value is -2.56. The first kappa shape index (κ1) is 17.3. The van der Waals surface area contributed by atoms with Crippen LogP contribution in [0.4, 0.5) is 0 Å². The fraction of sp³-hybridized carbons (Fsp3) is 0.143. The first-order valence-electron chi connectivity index (χ1n) is 8.46. The lowest BCUT2D eigenvalue weighted by Gasteiger charge is -2.30. The van der Waals surface area contributed by atoms with E-state index in [2.05, 4.69) is 12.1 Å². The van der Waals surface area contributed by atoms with Crippen molar-refractivity contribution in [2.24, 2.45) is 0 Å². The van der Waals surface area contributed by atoms with E-state index in [-0.39, 0.29) is 0 Å². The summed E-state index contributed by atoms with van der Waals surface area (Å²) in [5.74, 6) is 1.52. The zero-order valence-electron chi connectivity index (χ0n) is 14.3. The van der Waals surface area contributed by atoms with Gasteiger partial charge in [0, 0.05) is 6.61 Å². The van der Waals surface area contributed by atoms with Crippen molar-refractivity contribution in [1.29, 1.82) is 0 Å². The lowest BCUT2D eigenvalue weighted by Crippen LogP contribution is -2.54. The Bertz CT molecular complexity index is 646. The average molecular weight is 350 g/mol. The van der Waals surface area contributed by atoms with Crippen LogP contribution in [0.5, 0.6) is 11.5 Å². The van der Waals surface area contributed by atoms with Gasteiger partial charge in [0.15, 0.2) is 0 Å². The zero-order chi connectivity index (χ0) is 17.4. The highest BCUT2D eigenvalue weighted by Crippen LogP contribution is 2.24. The molecule has 0 N–H and O–H groups in total. The number of hydrogen-bond donors (Lipinski definition) is 0. The molecule has 4 heteroatoms. The molecular weight excluding hydrogens is 328 g/mol. The second kappa shape index (κ2) is 8.51. The molecule has 3 aromatic rings. The van der Waals surface area contributed by atoms with E-state index >= 15 is 0 Å². The van der Waals surface area contributed by atoms with Gasteiger partial charge in [-0.15, -0.1) is 0 Å². The van der Waals surface area contributed by atoms with Crippen molar-refractivity contribution in [1.82, 2.24) is 0 Å². The molecule has 0 aliphatic rings. The van der Waals surface area contributed by atoms with Crippen LogP contribution in [-0.2, 0) is 10.5 Å². The average Bonchev–Trinajstić information content (AvgIpc) is 2.64. The first-order valence-corrected chi connectivity index (χ1v) is 10.4. The fourth-order valence-corrected chi connectivity index (χ4v) is 5.18. The topological polar surface area (TPSA) is 27.7 Å². The molecule has 25 heavy (non-hydrogen) atoms. The van der Waals surface area contributed by atoms with E-state index in [4.69, 9.17) is 13.3 Å². The number of para-hydroxylation sites is 2. The number of benzene rings is 3. The largest absolute Gasteiger partial charge is 0.636 e. The fourth-order valence-electron chi connectivity index (χ4n) is 2.60. The Labute approximate surface area is 150 Å². The minimum Gasteiger partial charge on any atom is -0.492 e. The molecule has 0 saturated carbocycles. The van der Waals surface area contributed by atoms with Gasteiger partial charge in [-0.1, -0.05) is 66.7 Å². The molecule has 0 spiro atoms. The third kappa shape index (κ3) is 4.95. The molecule has 0 unspecified atom stereocenters. The van der Waals surface area contributed by atoms with Crippen molar-refractivity contribution in [2.75, 3.05) is 6.61 Å². The van der Waals surface area contributed by atoms with E-state index < -0.39 is 8.80 Å². The summed E-state index contributed by atoms with van der Waals surface area (Å²) in [6, 6.07) is 30.2. The molecule has 0 heterocycles. The highest BCUT2D eigenvalue weighted by Gasteiger charge is 2.46.